The Labute approximate surface area is 88.5 Å². The van der Waals surface area contributed by atoms with E-state index in [0.29, 0.717) is 5.56 Å². The van der Waals surface area contributed by atoms with Gasteiger partial charge >= 0.3 is 5.97 Å². The van der Waals surface area contributed by atoms with Crippen molar-refractivity contribution in [1.82, 2.24) is 0 Å². The van der Waals surface area contributed by atoms with E-state index in [1.165, 1.54) is 25.1 Å². The SMILES string of the molecule is CCS(=O)(=O)c1ccc(C)c(C(=O)O)c1. The molecule has 0 spiro atoms. The first-order valence-corrected chi connectivity index (χ1v) is 6.10. The van der Waals surface area contributed by atoms with E-state index in [4.69, 9.17) is 5.11 Å². The van der Waals surface area contributed by atoms with Crippen LogP contribution in [-0.4, -0.2) is 25.2 Å². The van der Waals surface area contributed by atoms with Crippen LogP contribution in [0.2, 0.25) is 0 Å². The van der Waals surface area contributed by atoms with Gasteiger partial charge in [-0.3, -0.25) is 0 Å². The van der Waals surface area contributed by atoms with Crippen molar-refractivity contribution < 1.29 is 18.3 Å². The Hall–Kier alpha value is -1.36. The molecule has 5 heteroatoms. The molecule has 0 aromatic heterocycles. The summed E-state index contributed by atoms with van der Waals surface area (Å²) in [5.74, 6) is -1.14. The number of aromatic carboxylic acids is 1. The van der Waals surface area contributed by atoms with E-state index in [9.17, 15) is 13.2 Å². The third kappa shape index (κ3) is 2.36. The van der Waals surface area contributed by atoms with Gasteiger partial charge in [0, 0.05) is 0 Å². The first-order valence-electron chi connectivity index (χ1n) is 4.45. The monoisotopic (exact) mass is 228 g/mol. The molecule has 0 unspecified atom stereocenters. The van der Waals surface area contributed by atoms with Gasteiger partial charge in [0.05, 0.1) is 16.2 Å². The summed E-state index contributed by atoms with van der Waals surface area (Å²) in [6, 6.07) is 4.14. The molecule has 1 N–H and O–H groups in total. The maximum atomic E-state index is 11.5. The summed E-state index contributed by atoms with van der Waals surface area (Å²) in [6.45, 7) is 3.15. The van der Waals surface area contributed by atoms with Crippen molar-refractivity contribution in [2.24, 2.45) is 0 Å². The number of hydrogen-bond donors (Lipinski definition) is 1. The minimum Gasteiger partial charge on any atom is -0.478 e. The second kappa shape index (κ2) is 4.02. The molecule has 0 aliphatic heterocycles. The second-order valence-corrected chi connectivity index (χ2v) is 5.46. The van der Waals surface area contributed by atoms with Crippen LogP contribution in [0.1, 0.15) is 22.8 Å². The predicted molar refractivity (Wildman–Crippen MR) is 55.9 cm³/mol. The number of rotatable bonds is 3. The van der Waals surface area contributed by atoms with Gasteiger partial charge in [0.25, 0.3) is 0 Å². The van der Waals surface area contributed by atoms with Crippen LogP contribution in [0.25, 0.3) is 0 Å². The van der Waals surface area contributed by atoms with E-state index < -0.39 is 15.8 Å². The average molecular weight is 228 g/mol. The van der Waals surface area contributed by atoms with Gasteiger partial charge in [-0.1, -0.05) is 13.0 Å². The van der Waals surface area contributed by atoms with Crippen LogP contribution in [-0.2, 0) is 9.84 Å². The molecule has 0 radical (unpaired) electrons. The Morgan fingerprint density at radius 1 is 1.40 bits per heavy atom. The molecule has 0 bridgehead atoms. The minimum absolute atomic E-state index is 0.0320. The van der Waals surface area contributed by atoms with Crippen molar-refractivity contribution in [2.45, 2.75) is 18.7 Å². The quantitative estimate of drug-likeness (QED) is 0.850. The third-order valence-electron chi connectivity index (χ3n) is 2.18. The van der Waals surface area contributed by atoms with Crippen LogP contribution in [0.3, 0.4) is 0 Å². The molecule has 1 rings (SSSR count). The number of aryl methyl sites for hydroxylation is 1. The summed E-state index contributed by atoms with van der Waals surface area (Å²) < 4.78 is 23.0. The Bertz CT molecular complexity index is 488. The van der Waals surface area contributed by atoms with E-state index >= 15 is 0 Å². The molecule has 4 nitrogen and oxygen atoms in total. The van der Waals surface area contributed by atoms with Gasteiger partial charge in [-0.05, 0) is 24.6 Å². The van der Waals surface area contributed by atoms with Gasteiger partial charge in [0.2, 0.25) is 0 Å². The molecule has 82 valence electrons. The van der Waals surface area contributed by atoms with E-state index in [1.54, 1.807) is 6.92 Å². The fourth-order valence-corrected chi connectivity index (χ4v) is 2.10. The largest absolute Gasteiger partial charge is 0.478 e. The maximum Gasteiger partial charge on any atom is 0.335 e. The minimum atomic E-state index is -3.33. The molecular formula is C10H12O4S. The fourth-order valence-electron chi connectivity index (χ4n) is 1.19. The Morgan fingerprint density at radius 3 is 2.47 bits per heavy atom. The molecule has 1 aromatic rings. The van der Waals surface area contributed by atoms with E-state index in [0.717, 1.165) is 0 Å². The fraction of sp³-hybridized carbons (Fsp3) is 0.300. The first kappa shape index (κ1) is 11.7. The van der Waals surface area contributed by atoms with Crippen molar-refractivity contribution in [3.63, 3.8) is 0 Å². The smallest absolute Gasteiger partial charge is 0.335 e. The zero-order valence-electron chi connectivity index (χ0n) is 8.52. The summed E-state index contributed by atoms with van der Waals surface area (Å²) in [5, 5.41) is 8.83. The lowest BCUT2D eigenvalue weighted by Crippen LogP contribution is -2.07. The number of hydrogen-bond acceptors (Lipinski definition) is 3. The van der Waals surface area contributed by atoms with Crippen molar-refractivity contribution in [1.29, 1.82) is 0 Å². The van der Waals surface area contributed by atoms with Crippen molar-refractivity contribution in [3.05, 3.63) is 29.3 Å². The molecule has 0 saturated carbocycles. The Morgan fingerprint density at radius 2 is 2.00 bits per heavy atom. The lowest BCUT2D eigenvalue weighted by Gasteiger charge is -2.05. The van der Waals surface area contributed by atoms with Crippen LogP contribution in [0.5, 0.6) is 0 Å². The van der Waals surface area contributed by atoms with Crippen molar-refractivity contribution in [2.75, 3.05) is 5.75 Å². The number of sulfone groups is 1. The topological polar surface area (TPSA) is 71.4 Å². The Kier molecular flexibility index (Phi) is 3.14. The van der Waals surface area contributed by atoms with Crippen LogP contribution in [0.4, 0.5) is 0 Å². The van der Waals surface area contributed by atoms with Gasteiger partial charge in [-0.25, -0.2) is 13.2 Å². The average Bonchev–Trinajstić information content (AvgIpc) is 2.17. The van der Waals surface area contributed by atoms with Gasteiger partial charge < -0.3 is 5.11 Å². The van der Waals surface area contributed by atoms with E-state index in [2.05, 4.69) is 0 Å². The molecular weight excluding hydrogens is 216 g/mol. The summed E-state index contributed by atoms with van der Waals surface area (Å²) in [5.41, 5.74) is 0.585. The highest BCUT2D eigenvalue weighted by Crippen LogP contribution is 2.16. The van der Waals surface area contributed by atoms with Crippen molar-refractivity contribution >= 4 is 15.8 Å². The third-order valence-corrected chi connectivity index (χ3v) is 3.91. The highest BCUT2D eigenvalue weighted by atomic mass is 32.2. The molecule has 0 heterocycles. The second-order valence-electron chi connectivity index (χ2n) is 3.19. The summed E-state index contributed by atoms with van der Waals surface area (Å²) in [4.78, 5) is 10.9. The van der Waals surface area contributed by atoms with Crippen LogP contribution in [0.15, 0.2) is 23.1 Å². The maximum absolute atomic E-state index is 11.5. The van der Waals surface area contributed by atoms with E-state index in [1.807, 2.05) is 0 Å². The molecule has 0 aliphatic carbocycles. The summed E-state index contributed by atoms with van der Waals surface area (Å²) >= 11 is 0. The van der Waals surface area contributed by atoms with Gasteiger partial charge in [-0.15, -0.1) is 0 Å². The summed E-state index contributed by atoms with van der Waals surface area (Å²) in [6.07, 6.45) is 0. The highest BCUT2D eigenvalue weighted by Gasteiger charge is 2.15. The van der Waals surface area contributed by atoms with E-state index in [-0.39, 0.29) is 16.2 Å². The standard InChI is InChI=1S/C10H12O4S/c1-3-15(13,14)8-5-4-7(2)9(6-8)10(11)12/h4-6H,3H2,1-2H3,(H,11,12). The molecule has 0 atom stereocenters. The van der Waals surface area contributed by atoms with Gasteiger partial charge in [0.15, 0.2) is 9.84 Å². The van der Waals surface area contributed by atoms with Gasteiger partial charge in [-0.2, -0.15) is 0 Å². The lowest BCUT2D eigenvalue weighted by atomic mass is 10.1. The van der Waals surface area contributed by atoms with Crippen molar-refractivity contribution in [3.8, 4) is 0 Å². The molecule has 1 aromatic carbocycles. The number of carbonyl (C=O) groups is 1. The zero-order chi connectivity index (χ0) is 11.6. The number of carboxylic acid groups (broad SMARTS) is 1. The van der Waals surface area contributed by atoms with Gasteiger partial charge in [0.1, 0.15) is 0 Å². The molecule has 0 saturated heterocycles. The molecule has 0 amide bonds. The molecule has 0 aliphatic rings. The number of carboxylic acids is 1. The van der Waals surface area contributed by atoms with Crippen LogP contribution in [0, 0.1) is 6.92 Å². The zero-order valence-corrected chi connectivity index (χ0v) is 9.34. The summed E-state index contributed by atoms with van der Waals surface area (Å²) in [7, 11) is -3.33. The molecule has 0 fully saturated rings. The lowest BCUT2D eigenvalue weighted by molar-refractivity contribution is 0.0696. The van der Waals surface area contributed by atoms with Crippen LogP contribution < -0.4 is 0 Å². The van der Waals surface area contributed by atoms with Crippen LogP contribution >= 0.6 is 0 Å². The Balaban J connectivity index is 3.38. The first-order chi connectivity index (χ1) is 6.88. The molecule has 15 heavy (non-hydrogen) atoms. The normalized spacial score (nSPS) is 11.3. The predicted octanol–water partition coefficient (Wildman–Crippen LogP) is 1.49. The number of benzene rings is 1. The highest BCUT2D eigenvalue weighted by molar-refractivity contribution is 7.91.